The molecule has 0 atom stereocenters. The summed E-state index contributed by atoms with van der Waals surface area (Å²) in [6, 6.07) is 6.09. The molecule has 0 spiro atoms. The van der Waals surface area contributed by atoms with Crippen LogP contribution in [0.4, 0.5) is 11.4 Å². The number of nitro groups is 1. The van der Waals surface area contributed by atoms with E-state index in [-0.39, 0.29) is 29.3 Å². The molecule has 0 aliphatic carbocycles. The third-order valence-electron chi connectivity index (χ3n) is 3.20. The van der Waals surface area contributed by atoms with E-state index in [2.05, 4.69) is 0 Å². The van der Waals surface area contributed by atoms with Crippen LogP contribution in [0.25, 0.3) is 0 Å². The van der Waals surface area contributed by atoms with Crippen LogP contribution in [0.3, 0.4) is 0 Å². The highest BCUT2D eigenvalue weighted by molar-refractivity contribution is 7.91. The van der Waals surface area contributed by atoms with E-state index in [0.29, 0.717) is 18.7 Å². The number of hydrogen-bond acceptors (Lipinski definition) is 6. The second kappa shape index (κ2) is 5.46. The predicted octanol–water partition coefficient (Wildman–Crippen LogP) is 1.09. The van der Waals surface area contributed by atoms with Crippen LogP contribution in [0.1, 0.15) is 12.0 Å². The van der Waals surface area contributed by atoms with Crippen molar-refractivity contribution < 1.29 is 13.3 Å². The molecule has 8 heteroatoms. The van der Waals surface area contributed by atoms with E-state index in [1.807, 2.05) is 6.07 Å². The molecule has 0 aromatic heterocycles. The van der Waals surface area contributed by atoms with Crippen LogP contribution in [0.5, 0.6) is 0 Å². The van der Waals surface area contributed by atoms with E-state index in [1.165, 1.54) is 18.2 Å². The van der Waals surface area contributed by atoms with Crippen LogP contribution in [-0.2, 0) is 9.84 Å². The van der Waals surface area contributed by atoms with Crippen molar-refractivity contribution in [1.29, 1.82) is 5.26 Å². The van der Waals surface area contributed by atoms with E-state index in [4.69, 9.17) is 5.26 Å². The Kier molecular flexibility index (Phi) is 3.90. The molecular weight excluding hydrogens is 282 g/mol. The molecule has 1 saturated heterocycles. The molecular formula is C12H13N3O4S. The monoisotopic (exact) mass is 295 g/mol. The van der Waals surface area contributed by atoms with Crippen molar-refractivity contribution in [3.05, 3.63) is 33.9 Å². The highest BCUT2D eigenvalue weighted by Crippen LogP contribution is 2.30. The lowest BCUT2D eigenvalue weighted by Crippen LogP contribution is -2.27. The number of nitrogens with zero attached hydrogens (tertiary/aromatic N) is 3. The molecule has 1 aliphatic heterocycles. The van der Waals surface area contributed by atoms with Crippen molar-refractivity contribution in [3.63, 3.8) is 0 Å². The molecule has 0 saturated carbocycles. The van der Waals surface area contributed by atoms with Gasteiger partial charge in [-0.2, -0.15) is 5.26 Å². The first-order valence-corrected chi connectivity index (χ1v) is 7.89. The molecule has 1 aromatic rings. The van der Waals surface area contributed by atoms with Gasteiger partial charge in [0.2, 0.25) is 0 Å². The average molecular weight is 295 g/mol. The Bertz CT molecular complexity index is 678. The number of benzene rings is 1. The highest BCUT2D eigenvalue weighted by Gasteiger charge is 2.24. The Morgan fingerprint density at radius 2 is 2.05 bits per heavy atom. The second-order valence-electron chi connectivity index (χ2n) is 4.56. The predicted molar refractivity (Wildman–Crippen MR) is 73.3 cm³/mol. The molecule has 0 N–H and O–H groups in total. The maximum atomic E-state index is 11.6. The molecule has 1 aromatic carbocycles. The van der Waals surface area contributed by atoms with Crippen molar-refractivity contribution in [2.75, 3.05) is 29.5 Å². The Morgan fingerprint density at radius 1 is 1.30 bits per heavy atom. The molecule has 0 unspecified atom stereocenters. The Hall–Kier alpha value is -2.14. The molecule has 0 radical (unpaired) electrons. The quantitative estimate of drug-likeness (QED) is 0.597. The van der Waals surface area contributed by atoms with E-state index in [0.717, 1.165) is 0 Å². The van der Waals surface area contributed by atoms with Gasteiger partial charge in [-0.15, -0.1) is 0 Å². The summed E-state index contributed by atoms with van der Waals surface area (Å²) in [6.45, 7) is 0.682. The summed E-state index contributed by atoms with van der Waals surface area (Å²) < 4.78 is 23.1. The summed E-state index contributed by atoms with van der Waals surface area (Å²) in [6.07, 6.45) is 0.444. The van der Waals surface area contributed by atoms with Crippen LogP contribution in [0, 0.1) is 21.4 Å². The zero-order chi connectivity index (χ0) is 14.8. The smallest absolute Gasteiger partial charge is 0.293 e. The first kappa shape index (κ1) is 14.3. The summed E-state index contributed by atoms with van der Waals surface area (Å²) >= 11 is 0. The molecule has 1 heterocycles. The van der Waals surface area contributed by atoms with E-state index >= 15 is 0 Å². The van der Waals surface area contributed by atoms with Gasteiger partial charge in [-0.25, -0.2) is 8.42 Å². The summed E-state index contributed by atoms with van der Waals surface area (Å²) in [7, 11) is -3.07. The SMILES string of the molecule is N#Cc1ccc(N2CCCS(=O)(=O)CC2)c([N+](=O)[O-])c1. The minimum Gasteiger partial charge on any atom is -0.365 e. The Morgan fingerprint density at radius 3 is 2.70 bits per heavy atom. The van der Waals surface area contributed by atoms with Gasteiger partial charge in [0, 0.05) is 19.2 Å². The number of sulfone groups is 1. The number of rotatable bonds is 2. The highest BCUT2D eigenvalue weighted by atomic mass is 32.2. The van der Waals surface area contributed by atoms with Crippen molar-refractivity contribution in [1.82, 2.24) is 0 Å². The lowest BCUT2D eigenvalue weighted by atomic mass is 10.1. The fraction of sp³-hybridized carbons (Fsp3) is 0.417. The number of nitriles is 1. The van der Waals surface area contributed by atoms with E-state index < -0.39 is 14.8 Å². The number of hydrogen-bond donors (Lipinski definition) is 0. The van der Waals surface area contributed by atoms with Crippen molar-refractivity contribution in [2.24, 2.45) is 0 Å². The van der Waals surface area contributed by atoms with Gasteiger partial charge < -0.3 is 4.90 Å². The zero-order valence-electron chi connectivity index (χ0n) is 10.7. The fourth-order valence-corrected chi connectivity index (χ4v) is 3.46. The fourth-order valence-electron chi connectivity index (χ4n) is 2.19. The van der Waals surface area contributed by atoms with Gasteiger partial charge in [0.25, 0.3) is 5.69 Å². The molecule has 7 nitrogen and oxygen atoms in total. The summed E-state index contributed by atoms with van der Waals surface area (Å²) in [4.78, 5) is 12.2. The largest absolute Gasteiger partial charge is 0.365 e. The zero-order valence-corrected chi connectivity index (χ0v) is 11.5. The van der Waals surface area contributed by atoms with Crippen molar-refractivity contribution >= 4 is 21.2 Å². The van der Waals surface area contributed by atoms with Gasteiger partial charge >= 0.3 is 0 Å². The normalized spacial score (nSPS) is 18.1. The molecule has 2 rings (SSSR count). The molecule has 106 valence electrons. The lowest BCUT2D eigenvalue weighted by Gasteiger charge is -2.21. The minimum atomic E-state index is -3.07. The van der Waals surface area contributed by atoms with E-state index in [1.54, 1.807) is 4.90 Å². The average Bonchev–Trinajstić information content (AvgIpc) is 2.59. The van der Waals surface area contributed by atoms with Crippen LogP contribution < -0.4 is 4.90 Å². The van der Waals surface area contributed by atoms with Gasteiger partial charge in [0.15, 0.2) is 9.84 Å². The van der Waals surface area contributed by atoms with Crippen LogP contribution in [0.2, 0.25) is 0 Å². The van der Waals surface area contributed by atoms with Crippen molar-refractivity contribution in [2.45, 2.75) is 6.42 Å². The standard InChI is InChI=1S/C12H13N3O4S/c13-9-10-2-3-11(12(8-10)15(16)17)14-4-1-6-20(18,19)7-5-14/h2-3,8H,1,4-7H2. The third-order valence-corrected chi connectivity index (χ3v) is 4.91. The van der Waals surface area contributed by atoms with Gasteiger partial charge in [-0.3, -0.25) is 10.1 Å². The summed E-state index contributed by atoms with van der Waals surface area (Å²) in [5.74, 6) is 0.0950. The maximum Gasteiger partial charge on any atom is 0.293 e. The topological polar surface area (TPSA) is 104 Å². The Labute approximate surface area is 116 Å². The first-order chi connectivity index (χ1) is 9.43. The molecule has 20 heavy (non-hydrogen) atoms. The molecule has 1 aliphatic rings. The molecule has 0 amide bonds. The van der Waals surface area contributed by atoms with E-state index in [9.17, 15) is 18.5 Å². The van der Waals surface area contributed by atoms with Crippen LogP contribution >= 0.6 is 0 Å². The van der Waals surface area contributed by atoms with Gasteiger partial charge in [0.05, 0.1) is 28.1 Å². The molecule has 1 fully saturated rings. The first-order valence-electron chi connectivity index (χ1n) is 6.07. The van der Waals surface area contributed by atoms with Gasteiger partial charge in [-0.05, 0) is 18.6 Å². The lowest BCUT2D eigenvalue weighted by molar-refractivity contribution is -0.384. The van der Waals surface area contributed by atoms with Gasteiger partial charge in [0.1, 0.15) is 5.69 Å². The van der Waals surface area contributed by atoms with Crippen LogP contribution in [-0.4, -0.2) is 37.9 Å². The maximum absolute atomic E-state index is 11.6. The third kappa shape index (κ3) is 3.05. The Balaban J connectivity index is 2.37. The minimum absolute atomic E-state index is 0.00977. The number of anilines is 1. The molecule has 0 bridgehead atoms. The summed E-state index contributed by atoms with van der Waals surface area (Å²) in [5.41, 5.74) is 0.414. The second-order valence-corrected chi connectivity index (χ2v) is 6.87. The van der Waals surface area contributed by atoms with Crippen LogP contribution in [0.15, 0.2) is 18.2 Å². The summed E-state index contributed by atoms with van der Waals surface area (Å²) in [5, 5.41) is 19.9. The number of nitro benzene ring substituents is 1. The van der Waals surface area contributed by atoms with Gasteiger partial charge in [-0.1, -0.05) is 0 Å². The van der Waals surface area contributed by atoms with Crippen molar-refractivity contribution in [3.8, 4) is 6.07 Å².